The van der Waals surface area contributed by atoms with Crippen LogP contribution in [0.1, 0.15) is 118 Å². The van der Waals surface area contributed by atoms with Crippen LogP contribution in [-0.4, -0.2) is 50.2 Å². The van der Waals surface area contributed by atoms with Gasteiger partial charge < -0.3 is 20.1 Å². The van der Waals surface area contributed by atoms with E-state index in [2.05, 4.69) is 74.4 Å². The summed E-state index contributed by atoms with van der Waals surface area (Å²) >= 11 is 13.5. The average Bonchev–Trinajstić information content (AvgIpc) is 3.64. The molecule has 0 saturated carbocycles. The first kappa shape index (κ1) is 47.3. The molecule has 11 nitrogen and oxygen atoms in total. The molecule has 1 aromatic heterocycles. The Morgan fingerprint density at radius 3 is 2.19 bits per heavy atom. The Kier molecular flexibility index (Phi) is 16.2. The number of anilines is 2. The molecule has 0 fully saturated rings. The van der Waals surface area contributed by atoms with Gasteiger partial charge in [0.15, 0.2) is 11.8 Å². The van der Waals surface area contributed by atoms with Crippen molar-refractivity contribution in [1.82, 2.24) is 14.8 Å². The van der Waals surface area contributed by atoms with Gasteiger partial charge in [0, 0.05) is 28.1 Å². The number of thioether (sulfide) groups is 1. The Bertz CT molecular complexity index is 2110. The molecular formula is C45H57Cl2N5O6S. The first-order chi connectivity index (χ1) is 27.6. The van der Waals surface area contributed by atoms with E-state index in [0.717, 1.165) is 41.5 Å². The minimum atomic E-state index is -1.42. The summed E-state index contributed by atoms with van der Waals surface area (Å²) in [4.78, 5) is 57.6. The molecule has 318 valence electrons. The molecule has 2 atom stereocenters. The zero-order valence-electron chi connectivity index (χ0n) is 35.7. The Labute approximate surface area is 362 Å². The van der Waals surface area contributed by atoms with Crippen molar-refractivity contribution in [3.63, 3.8) is 0 Å². The van der Waals surface area contributed by atoms with Crippen LogP contribution in [0.3, 0.4) is 0 Å². The van der Waals surface area contributed by atoms with E-state index in [4.69, 9.17) is 32.7 Å². The molecule has 59 heavy (non-hydrogen) atoms. The molecule has 0 bridgehead atoms. The van der Waals surface area contributed by atoms with Gasteiger partial charge in [-0.05, 0) is 84.5 Å². The number of nitrogens with zero attached hydrogens (tertiary/aromatic N) is 3. The zero-order chi connectivity index (χ0) is 43.7. The lowest BCUT2D eigenvalue weighted by molar-refractivity contribution is -0.144. The molecule has 2 unspecified atom stereocenters. The van der Waals surface area contributed by atoms with Gasteiger partial charge in [0.05, 0.1) is 17.3 Å². The van der Waals surface area contributed by atoms with Crippen LogP contribution >= 0.6 is 35.0 Å². The lowest BCUT2D eigenvalue weighted by atomic mass is 9.76. The molecule has 0 aliphatic carbocycles. The number of benzene rings is 3. The smallest absolute Gasteiger partial charge is 0.319 e. The van der Waals surface area contributed by atoms with Crippen molar-refractivity contribution in [2.24, 2.45) is 5.41 Å². The molecule has 4 rings (SSSR count). The summed E-state index contributed by atoms with van der Waals surface area (Å²) in [6.45, 7) is 20.5. The summed E-state index contributed by atoms with van der Waals surface area (Å²) in [5.41, 5.74) is 2.84. The van der Waals surface area contributed by atoms with Gasteiger partial charge in [-0.1, -0.05) is 122 Å². The van der Waals surface area contributed by atoms with Crippen molar-refractivity contribution in [2.45, 2.75) is 129 Å². The minimum absolute atomic E-state index is 0.0464. The van der Waals surface area contributed by atoms with Gasteiger partial charge in [0.1, 0.15) is 23.9 Å². The number of rotatable bonds is 19. The highest BCUT2D eigenvalue weighted by Crippen LogP contribution is 2.39. The molecule has 1 heterocycles. The maximum Gasteiger partial charge on any atom is 0.319 e. The highest BCUT2D eigenvalue weighted by molar-refractivity contribution is 8.00. The quantitative estimate of drug-likeness (QED) is 0.0408. The summed E-state index contributed by atoms with van der Waals surface area (Å²) in [5.74, 6) is -1.03. The number of hydrogen-bond acceptors (Lipinski definition) is 9. The summed E-state index contributed by atoms with van der Waals surface area (Å²) < 4.78 is 12.9. The van der Waals surface area contributed by atoms with E-state index in [1.165, 1.54) is 22.6 Å². The van der Waals surface area contributed by atoms with E-state index in [1.54, 1.807) is 64.1 Å². The van der Waals surface area contributed by atoms with Crippen molar-refractivity contribution in [3.05, 3.63) is 93.7 Å². The molecule has 4 aromatic rings. The third kappa shape index (κ3) is 13.0. The molecule has 2 N–H and O–H groups in total. The predicted octanol–water partition coefficient (Wildman–Crippen LogP) is 10.8. The van der Waals surface area contributed by atoms with Gasteiger partial charge in [-0.3, -0.25) is 19.2 Å². The van der Waals surface area contributed by atoms with Crippen molar-refractivity contribution in [1.29, 1.82) is 0 Å². The third-order valence-corrected chi connectivity index (χ3v) is 12.0. The van der Waals surface area contributed by atoms with Gasteiger partial charge in [-0.2, -0.15) is 0 Å². The summed E-state index contributed by atoms with van der Waals surface area (Å²) in [6, 6.07) is 16.7. The monoisotopic (exact) mass is 865 g/mol. The van der Waals surface area contributed by atoms with Crippen LogP contribution in [-0.2, 0) is 41.4 Å². The van der Waals surface area contributed by atoms with Gasteiger partial charge in [-0.15, -0.1) is 5.10 Å². The normalized spacial score (nSPS) is 13.0. The highest BCUT2D eigenvalue weighted by atomic mass is 35.5. The second-order valence-electron chi connectivity index (χ2n) is 16.9. The van der Waals surface area contributed by atoms with Crippen LogP contribution in [0.2, 0.25) is 10.0 Å². The maximum absolute atomic E-state index is 13.9. The summed E-state index contributed by atoms with van der Waals surface area (Å²) in [7, 11) is 0. The number of halogens is 2. The number of carbonyl (C=O) groups excluding carboxylic acids is 4. The van der Waals surface area contributed by atoms with E-state index >= 15 is 0 Å². The Morgan fingerprint density at radius 2 is 1.54 bits per heavy atom. The average molecular weight is 867 g/mol. The largest absolute Gasteiger partial charge is 0.493 e. The molecule has 14 heteroatoms. The molecular weight excluding hydrogens is 809 g/mol. The number of hydrogen-bond donors (Lipinski definition) is 2. The first-order valence-corrected chi connectivity index (χ1v) is 21.5. The third-order valence-electron chi connectivity index (χ3n) is 10.5. The Hall–Kier alpha value is -4.39. The number of aromatic nitrogens is 3. The summed E-state index contributed by atoms with van der Waals surface area (Å²) in [6.07, 6.45) is 3.93. The predicted molar refractivity (Wildman–Crippen MR) is 237 cm³/mol. The van der Waals surface area contributed by atoms with E-state index in [0.29, 0.717) is 23.7 Å². The fourth-order valence-corrected chi connectivity index (χ4v) is 6.82. The minimum Gasteiger partial charge on any atom is -0.493 e. The molecule has 0 aliphatic heterocycles. The first-order valence-electron chi connectivity index (χ1n) is 19.9. The standard InChI is InChI=1S/C45H57Cl2N5O6S/c1-11-44(7,8)30-17-22-36(33(24-30)45(9,10)12-2)57-23-13-14-37(53)49-32-20-21-34(47)35(25-32)50-40(55)38(39(54)43(4,5)6)52-27-48-42(51-52)59-28(3)41(56)58-26-29-15-18-31(46)19-16-29/h15-22,24-25,27-28,38H,11-14,23,26H2,1-10H3,(H,49,53)(H,50,55). The number of carbonyl (C=O) groups is 4. The lowest BCUT2D eigenvalue weighted by Crippen LogP contribution is -2.39. The number of ether oxygens (including phenoxy) is 2. The molecule has 0 aliphatic rings. The van der Waals surface area contributed by atoms with Crippen LogP contribution in [0, 0.1) is 5.41 Å². The summed E-state index contributed by atoms with van der Waals surface area (Å²) in [5, 5.41) is 10.3. The molecule has 0 spiro atoms. The molecule has 0 radical (unpaired) electrons. The van der Waals surface area contributed by atoms with Crippen LogP contribution in [0.25, 0.3) is 0 Å². The Morgan fingerprint density at radius 1 is 0.864 bits per heavy atom. The van der Waals surface area contributed by atoms with Crippen LogP contribution < -0.4 is 15.4 Å². The molecule has 2 amide bonds. The van der Waals surface area contributed by atoms with Crippen LogP contribution in [0.4, 0.5) is 11.4 Å². The number of Topliss-reactive ketones (excluding diaryl/α,β-unsaturated/α-hetero) is 1. The van der Waals surface area contributed by atoms with Crippen molar-refractivity contribution < 1.29 is 28.7 Å². The van der Waals surface area contributed by atoms with E-state index in [9.17, 15) is 19.2 Å². The lowest BCUT2D eigenvalue weighted by Gasteiger charge is -2.30. The molecule has 0 saturated heterocycles. The number of amides is 2. The number of ketones is 1. The Balaban J connectivity index is 1.39. The number of nitrogens with one attached hydrogen (secondary N) is 2. The maximum atomic E-state index is 13.9. The second kappa shape index (κ2) is 20.2. The van der Waals surface area contributed by atoms with Gasteiger partial charge >= 0.3 is 5.97 Å². The fraction of sp³-hybridized carbons (Fsp3) is 0.467. The van der Waals surface area contributed by atoms with E-state index in [1.807, 2.05) is 6.07 Å². The highest BCUT2D eigenvalue weighted by Gasteiger charge is 2.38. The van der Waals surface area contributed by atoms with E-state index in [-0.39, 0.29) is 45.6 Å². The fourth-order valence-electron chi connectivity index (χ4n) is 5.80. The van der Waals surface area contributed by atoms with Crippen molar-refractivity contribution in [2.75, 3.05) is 17.2 Å². The van der Waals surface area contributed by atoms with Gasteiger partial charge in [0.2, 0.25) is 11.1 Å². The van der Waals surface area contributed by atoms with Gasteiger partial charge in [-0.25, -0.2) is 9.67 Å². The molecule has 3 aromatic carbocycles. The zero-order valence-corrected chi connectivity index (χ0v) is 38.0. The van der Waals surface area contributed by atoms with Gasteiger partial charge in [0.25, 0.3) is 5.91 Å². The van der Waals surface area contributed by atoms with Crippen molar-refractivity contribution >= 4 is 69.9 Å². The van der Waals surface area contributed by atoms with Crippen LogP contribution in [0.15, 0.2) is 72.1 Å². The second-order valence-corrected chi connectivity index (χ2v) is 19.0. The SMILES string of the molecule is CCC(C)(C)c1ccc(OCCCC(=O)Nc2ccc(Cl)c(NC(=O)C(C(=O)C(C)(C)C)n3cnc(SC(C)C(=O)OCc4ccc(Cl)cc4)n3)c2)c(C(C)(C)CC)c1. The van der Waals surface area contributed by atoms with Crippen molar-refractivity contribution in [3.8, 4) is 5.75 Å². The van der Waals surface area contributed by atoms with E-state index < -0.39 is 34.4 Å². The van der Waals surface area contributed by atoms with Crippen LogP contribution in [0.5, 0.6) is 5.75 Å². The number of esters is 1. The topological polar surface area (TPSA) is 142 Å².